The maximum atomic E-state index is 12.7. The van der Waals surface area contributed by atoms with Gasteiger partial charge in [-0.2, -0.15) is 0 Å². The lowest BCUT2D eigenvalue weighted by Gasteiger charge is -2.24. The monoisotopic (exact) mass is 526 g/mol. The maximum Gasteiger partial charge on any atom is 0.410 e. The molecular weight excluding hydrogens is 492 g/mol. The summed E-state index contributed by atoms with van der Waals surface area (Å²) < 4.78 is 12.6. The van der Waals surface area contributed by atoms with E-state index in [1.165, 1.54) is 18.2 Å². The van der Waals surface area contributed by atoms with Crippen LogP contribution in [0.4, 0.5) is 4.79 Å². The Balaban J connectivity index is 1.53. The second-order valence-corrected chi connectivity index (χ2v) is 11.2. The van der Waals surface area contributed by atoms with E-state index in [2.05, 4.69) is 37.0 Å². The van der Waals surface area contributed by atoms with Crippen molar-refractivity contribution in [1.82, 2.24) is 19.4 Å². The van der Waals surface area contributed by atoms with E-state index in [9.17, 15) is 9.59 Å². The molecule has 4 aromatic rings. The molecule has 3 heterocycles. The van der Waals surface area contributed by atoms with Crippen molar-refractivity contribution in [3.63, 3.8) is 0 Å². The molecule has 0 bridgehead atoms. The van der Waals surface area contributed by atoms with Gasteiger partial charge in [0.15, 0.2) is 5.65 Å². The molecule has 0 N–H and O–H groups in total. The van der Waals surface area contributed by atoms with Crippen LogP contribution in [0, 0.1) is 13.8 Å². The number of aryl methyl sites for hydroxylation is 2. The highest BCUT2D eigenvalue weighted by Crippen LogP contribution is 2.33. The van der Waals surface area contributed by atoms with E-state index in [0.717, 1.165) is 40.1 Å². The molecule has 5 rings (SSSR count). The number of methoxy groups -OCH3 is 1. The van der Waals surface area contributed by atoms with Crippen molar-refractivity contribution in [2.45, 2.75) is 52.6 Å². The zero-order valence-electron chi connectivity index (χ0n) is 23.3. The number of aromatic nitrogens is 3. The third-order valence-electron chi connectivity index (χ3n) is 6.91. The number of hydrogen-bond acceptors (Lipinski definition) is 6. The first kappa shape index (κ1) is 26.4. The van der Waals surface area contributed by atoms with E-state index in [1.807, 2.05) is 49.7 Å². The summed E-state index contributed by atoms with van der Waals surface area (Å²) in [6, 6.07) is 14.0. The molecule has 2 aromatic heterocycles. The lowest BCUT2D eigenvalue weighted by atomic mass is 9.92. The summed E-state index contributed by atoms with van der Waals surface area (Å²) in [5, 5.41) is 0. The first-order chi connectivity index (χ1) is 18.5. The molecule has 2 aromatic carbocycles. The van der Waals surface area contributed by atoms with Crippen LogP contribution in [0.25, 0.3) is 28.1 Å². The fraction of sp³-hybridized carbons (Fsp3) is 0.355. The summed E-state index contributed by atoms with van der Waals surface area (Å²) >= 11 is 0. The van der Waals surface area contributed by atoms with Gasteiger partial charge < -0.3 is 14.4 Å². The number of fused-ring (bicyclic) bond motifs is 1. The van der Waals surface area contributed by atoms with Crippen LogP contribution < -0.4 is 0 Å². The predicted molar refractivity (Wildman–Crippen MR) is 150 cm³/mol. The standard InChI is InChI=1S/C31H34N4O4/c1-19-13-20(2)15-22(14-19)27-17-32-26-10-12-35(28(26)33-27)23-7-8-24(29(36)38-6)25(16-23)21-9-11-34(18-21)30(37)39-31(3,4)5/h7-8,10,12-17,21H,9,11,18H2,1-6H3/t21-/m1/s1. The molecular formula is C31H34N4O4. The molecule has 0 spiro atoms. The zero-order chi connectivity index (χ0) is 27.9. The van der Waals surface area contributed by atoms with Crippen LogP contribution in [0.3, 0.4) is 0 Å². The summed E-state index contributed by atoms with van der Waals surface area (Å²) in [6.07, 6.45) is 4.12. The lowest BCUT2D eigenvalue weighted by molar-refractivity contribution is 0.0292. The van der Waals surface area contributed by atoms with E-state index < -0.39 is 11.6 Å². The van der Waals surface area contributed by atoms with Crippen LogP contribution in [-0.4, -0.2) is 57.3 Å². The summed E-state index contributed by atoms with van der Waals surface area (Å²) in [7, 11) is 1.38. The highest BCUT2D eigenvalue weighted by Gasteiger charge is 2.33. The summed E-state index contributed by atoms with van der Waals surface area (Å²) in [6.45, 7) is 10.7. The quantitative estimate of drug-likeness (QED) is 0.294. The summed E-state index contributed by atoms with van der Waals surface area (Å²) in [4.78, 5) is 36.7. The topological polar surface area (TPSA) is 86.6 Å². The molecule has 8 nitrogen and oxygen atoms in total. The molecule has 0 saturated carbocycles. The Morgan fingerprint density at radius 1 is 1.03 bits per heavy atom. The minimum Gasteiger partial charge on any atom is -0.465 e. The van der Waals surface area contributed by atoms with Gasteiger partial charge in [-0.25, -0.2) is 14.6 Å². The van der Waals surface area contributed by atoms with Gasteiger partial charge in [-0.3, -0.25) is 9.55 Å². The molecule has 0 aliphatic carbocycles. The Kier molecular flexibility index (Phi) is 6.89. The van der Waals surface area contributed by atoms with Crippen LogP contribution in [0.1, 0.15) is 60.2 Å². The SMILES string of the molecule is COC(=O)c1ccc(-n2ccc3ncc(-c4cc(C)cc(C)c4)nc32)cc1[C@@H]1CCN(C(=O)OC(C)(C)C)C1. The third-order valence-corrected chi connectivity index (χ3v) is 6.91. The Hall–Kier alpha value is -4.20. The highest BCUT2D eigenvalue weighted by atomic mass is 16.6. The summed E-state index contributed by atoms with van der Waals surface area (Å²) in [5.41, 5.74) is 7.28. The van der Waals surface area contributed by atoms with Gasteiger partial charge in [0.25, 0.3) is 0 Å². The Morgan fingerprint density at radius 3 is 2.46 bits per heavy atom. The van der Waals surface area contributed by atoms with E-state index in [4.69, 9.17) is 14.5 Å². The zero-order valence-corrected chi connectivity index (χ0v) is 23.3. The number of likely N-dealkylation sites (tertiary alicyclic amines) is 1. The Morgan fingerprint density at radius 2 is 1.77 bits per heavy atom. The van der Waals surface area contributed by atoms with Crippen LogP contribution in [0.5, 0.6) is 0 Å². The number of benzene rings is 2. The average molecular weight is 527 g/mol. The number of nitrogens with zero attached hydrogens (tertiary/aromatic N) is 4. The number of carbonyl (C=O) groups is 2. The molecule has 0 radical (unpaired) electrons. The fourth-order valence-electron chi connectivity index (χ4n) is 5.21. The third kappa shape index (κ3) is 5.50. The minimum atomic E-state index is -0.571. The molecule has 0 unspecified atom stereocenters. The molecule has 1 amide bonds. The van der Waals surface area contributed by atoms with Crippen molar-refractivity contribution in [1.29, 1.82) is 0 Å². The highest BCUT2D eigenvalue weighted by molar-refractivity contribution is 5.92. The van der Waals surface area contributed by atoms with Crippen molar-refractivity contribution in [3.8, 4) is 16.9 Å². The van der Waals surface area contributed by atoms with Gasteiger partial charge in [0.1, 0.15) is 11.1 Å². The molecule has 39 heavy (non-hydrogen) atoms. The molecule has 1 fully saturated rings. The number of carbonyl (C=O) groups excluding carboxylic acids is 2. The van der Waals surface area contributed by atoms with Crippen molar-refractivity contribution >= 4 is 23.2 Å². The molecule has 8 heteroatoms. The predicted octanol–water partition coefficient (Wildman–Crippen LogP) is 6.22. The van der Waals surface area contributed by atoms with Gasteiger partial charge in [0.2, 0.25) is 0 Å². The average Bonchev–Trinajstić information content (AvgIpc) is 3.54. The van der Waals surface area contributed by atoms with Crippen molar-refractivity contribution in [2.24, 2.45) is 0 Å². The molecule has 1 aliphatic heterocycles. The van der Waals surface area contributed by atoms with Crippen LogP contribution >= 0.6 is 0 Å². The minimum absolute atomic E-state index is 0.0368. The fourth-order valence-corrected chi connectivity index (χ4v) is 5.21. The smallest absolute Gasteiger partial charge is 0.410 e. The van der Waals surface area contributed by atoms with Crippen molar-refractivity contribution < 1.29 is 19.1 Å². The largest absolute Gasteiger partial charge is 0.465 e. The van der Waals surface area contributed by atoms with Gasteiger partial charge >= 0.3 is 12.1 Å². The van der Waals surface area contributed by atoms with Gasteiger partial charge in [-0.1, -0.05) is 17.2 Å². The van der Waals surface area contributed by atoms with Crippen LogP contribution in [0.2, 0.25) is 0 Å². The van der Waals surface area contributed by atoms with Crippen LogP contribution in [-0.2, 0) is 9.47 Å². The van der Waals surface area contributed by atoms with Crippen molar-refractivity contribution in [2.75, 3.05) is 20.2 Å². The van der Waals surface area contributed by atoms with E-state index in [1.54, 1.807) is 17.2 Å². The first-order valence-corrected chi connectivity index (χ1v) is 13.2. The van der Waals surface area contributed by atoms with Gasteiger partial charge in [-0.15, -0.1) is 0 Å². The molecule has 1 saturated heterocycles. The molecule has 202 valence electrons. The van der Waals surface area contributed by atoms with Gasteiger partial charge in [0.05, 0.1) is 24.6 Å². The van der Waals surface area contributed by atoms with E-state index >= 15 is 0 Å². The normalized spacial score (nSPS) is 15.5. The summed E-state index contributed by atoms with van der Waals surface area (Å²) in [5.74, 6) is -0.438. The second kappa shape index (κ2) is 10.2. The first-order valence-electron chi connectivity index (χ1n) is 13.2. The second-order valence-electron chi connectivity index (χ2n) is 11.2. The lowest BCUT2D eigenvalue weighted by Crippen LogP contribution is -2.35. The van der Waals surface area contributed by atoms with Crippen molar-refractivity contribution in [3.05, 3.63) is 77.1 Å². The van der Waals surface area contributed by atoms with Gasteiger partial charge in [0, 0.05) is 36.5 Å². The van der Waals surface area contributed by atoms with E-state index in [-0.39, 0.29) is 12.0 Å². The Bertz CT molecular complexity index is 1550. The number of rotatable bonds is 4. The molecule has 1 aliphatic rings. The van der Waals surface area contributed by atoms with E-state index in [0.29, 0.717) is 18.7 Å². The number of amides is 1. The Labute approximate surface area is 228 Å². The maximum absolute atomic E-state index is 12.7. The number of esters is 1. The van der Waals surface area contributed by atoms with Crippen LogP contribution in [0.15, 0.2) is 54.9 Å². The number of ether oxygens (including phenoxy) is 2. The van der Waals surface area contributed by atoms with Gasteiger partial charge in [-0.05, 0) is 83.0 Å². The molecule has 1 atom stereocenters. The number of hydrogen-bond donors (Lipinski definition) is 0.